The molecule has 1 aliphatic rings. The van der Waals surface area contributed by atoms with Gasteiger partial charge in [-0.05, 0) is 32.6 Å². The highest BCUT2D eigenvalue weighted by molar-refractivity contribution is 5.06. The fourth-order valence-electron chi connectivity index (χ4n) is 2.28. The van der Waals surface area contributed by atoms with E-state index in [0.717, 1.165) is 25.7 Å². The first kappa shape index (κ1) is 12.5. The van der Waals surface area contributed by atoms with Crippen LogP contribution in [-0.4, -0.2) is 28.5 Å². The molecular weight excluding hydrogens is 220 g/mol. The summed E-state index contributed by atoms with van der Waals surface area (Å²) < 4.78 is 10.8. The molecular formula is C12H20N2O3. The Labute approximate surface area is 101 Å². The summed E-state index contributed by atoms with van der Waals surface area (Å²) in [6.45, 7) is 3.59. The molecule has 0 aliphatic heterocycles. The van der Waals surface area contributed by atoms with E-state index in [1.54, 1.807) is 14.0 Å². The number of methoxy groups -OCH3 is 1. The normalized spacial score (nSPS) is 22.6. The summed E-state index contributed by atoms with van der Waals surface area (Å²) in [6, 6.07) is 0. The standard InChI is InChI=1S/C12H20N2O3/c1-8(9(2)15)10-13-11(14-17-10)12(16-3)6-4-5-7-12/h8-9,15H,4-7H2,1-3H3. The molecule has 0 amide bonds. The molecule has 1 fully saturated rings. The smallest absolute Gasteiger partial charge is 0.232 e. The van der Waals surface area contributed by atoms with Crippen molar-refractivity contribution in [3.63, 3.8) is 0 Å². The molecule has 0 spiro atoms. The van der Waals surface area contributed by atoms with Crippen LogP contribution >= 0.6 is 0 Å². The Hall–Kier alpha value is -0.940. The van der Waals surface area contributed by atoms with Gasteiger partial charge in [0.25, 0.3) is 0 Å². The van der Waals surface area contributed by atoms with E-state index in [2.05, 4.69) is 10.1 Å². The summed E-state index contributed by atoms with van der Waals surface area (Å²) in [4.78, 5) is 4.39. The van der Waals surface area contributed by atoms with Crippen molar-refractivity contribution in [2.45, 2.75) is 57.2 Å². The Morgan fingerprint density at radius 3 is 2.53 bits per heavy atom. The Balaban J connectivity index is 2.22. The molecule has 1 aromatic rings. The zero-order chi connectivity index (χ0) is 12.5. The van der Waals surface area contributed by atoms with Gasteiger partial charge in [-0.2, -0.15) is 4.98 Å². The van der Waals surface area contributed by atoms with E-state index in [0.29, 0.717) is 11.7 Å². The molecule has 1 saturated carbocycles. The fraction of sp³-hybridized carbons (Fsp3) is 0.833. The highest BCUT2D eigenvalue weighted by Crippen LogP contribution is 2.40. The summed E-state index contributed by atoms with van der Waals surface area (Å²) in [5.74, 6) is 0.963. The topological polar surface area (TPSA) is 68.4 Å². The first-order valence-corrected chi connectivity index (χ1v) is 6.16. The summed E-state index contributed by atoms with van der Waals surface area (Å²) in [5.41, 5.74) is -0.375. The van der Waals surface area contributed by atoms with E-state index < -0.39 is 6.10 Å². The second-order valence-electron chi connectivity index (χ2n) is 4.89. The Kier molecular flexibility index (Phi) is 3.49. The molecule has 5 nitrogen and oxygen atoms in total. The molecule has 1 N–H and O–H groups in total. The van der Waals surface area contributed by atoms with Crippen LogP contribution in [0.4, 0.5) is 0 Å². The number of nitrogens with zero attached hydrogens (tertiary/aromatic N) is 2. The molecule has 0 bridgehead atoms. The predicted molar refractivity (Wildman–Crippen MR) is 61.5 cm³/mol. The zero-order valence-electron chi connectivity index (χ0n) is 10.6. The number of aliphatic hydroxyl groups is 1. The molecule has 1 aromatic heterocycles. The third-order valence-corrected chi connectivity index (χ3v) is 3.76. The fourth-order valence-corrected chi connectivity index (χ4v) is 2.28. The van der Waals surface area contributed by atoms with Crippen LogP contribution in [0.3, 0.4) is 0 Å². The summed E-state index contributed by atoms with van der Waals surface area (Å²) >= 11 is 0. The molecule has 96 valence electrons. The van der Waals surface area contributed by atoms with Gasteiger partial charge in [-0.15, -0.1) is 0 Å². The minimum atomic E-state index is -0.495. The lowest BCUT2D eigenvalue weighted by Crippen LogP contribution is -2.26. The molecule has 17 heavy (non-hydrogen) atoms. The maximum absolute atomic E-state index is 9.51. The maximum atomic E-state index is 9.51. The van der Waals surface area contributed by atoms with E-state index in [-0.39, 0.29) is 11.5 Å². The zero-order valence-corrected chi connectivity index (χ0v) is 10.6. The van der Waals surface area contributed by atoms with E-state index in [1.165, 1.54) is 0 Å². The largest absolute Gasteiger partial charge is 0.393 e. The highest BCUT2D eigenvalue weighted by atomic mass is 16.5. The van der Waals surface area contributed by atoms with Crippen molar-refractivity contribution in [1.29, 1.82) is 0 Å². The van der Waals surface area contributed by atoms with Crippen molar-refractivity contribution in [2.24, 2.45) is 0 Å². The maximum Gasteiger partial charge on any atom is 0.232 e. The minimum Gasteiger partial charge on any atom is -0.393 e. The van der Waals surface area contributed by atoms with Gasteiger partial charge in [-0.1, -0.05) is 12.1 Å². The Bertz CT molecular complexity index is 370. The number of ether oxygens (including phenoxy) is 1. The lowest BCUT2D eigenvalue weighted by atomic mass is 10.0. The number of aromatic nitrogens is 2. The average molecular weight is 240 g/mol. The van der Waals surface area contributed by atoms with E-state index >= 15 is 0 Å². The van der Waals surface area contributed by atoms with Gasteiger partial charge < -0.3 is 14.4 Å². The number of aliphatic hydroxyl groups excluding tert-OH is 1. The molecule has 1 heterocycles. The minimum absolute atomic E-state index is 0.147. The second-order valence-corrected chi connectivity index (χ2v) is 4.89. The molecule has 5 heteroatoms. The van der Waals surface area contributed by atoms with Crippen molar-refractivity contribution in [3.05, 3.63) is 11.7 Å². The van der Waals surface area contributed by atoms with Gasteiger partial charge in [0.2, 0.25) is 11.7 Å². The van der Waals surface area contributed by atoms with Gasteiger partial charge in [0.1, 0.15) is 5.60 Å². The van der Waals surface area contributed by atoms with Crippen LogP contribution < -0.4 is 0 Å². The van der Waals surface area contributed by atoms with E-state index in [9.17, 15) is 5.11 Å². The third-order valence-electron chi connectivity index (χ3n) is 3.76. The number of hydrogen-bond acceptors (Lipinski definition) is 5. The van der Waals surface area contributed by atoms with Crippen molar-refractivity contribution in [3.8, 4) is 0 Å². The Morgan fingerprint density at radius 2 is 2.00 bits per heavy atom. The Morgan fingerprint density at radius 1 is 1.35 bits per heavy atom. The first-order valence-electron chi connectivity index (χ1n) is 6.16. The molecule has 2 unspecified atom stereocenters. The highest BCUT2D eigenvalue weighted by Gasteiger charge is 2.40. The van der Waals surface area contributed by atoms with Crippen LogP contribution in [0.1, 0.15) is 57.2 Å². The van der Waals surface area contributed by atoms with Crippen molar-refractivity contribution < 1.29 is 14.4 Å². The summed E-state index contributed by atoms with van der Waals surface area (Å²) in [5, 5.41) is 13.5. The monoisotopic (exact) mass is 240 g/mol. The molecule has 2 rings (SSSR count). The van der Waals surface area contributed by atoms with Crippen LogP contribution in [0.5, 0.6) is 0 Å². The molecule has 0 saturated heterocycles. The van der Waals surface area contributed by atoms with E-state index in [4.69, 9.17) is 9.26 Å². The van der Waals surface area contributed by atoms with Gasteiger partial charge in [0.05, 0.1) is 12.0 Å². The van der Waals surface area contributed by atoms with E-state index in [1.807, 2.05) is 6.92 Å². The van der Waals surface area contributed by atoms with Gasteiger partial charge in [-0.25, -0.2) is 0 Å². The van der Waals surface area contributed by atoms with Crippen LogP contribution in [0.2, 0.25) is 0 Å². The first-order chi connectivity index (χ1) is 8.09. The summed E-state index contributed by atoms with van der Waals surface area (Å²) in [7, 11) is 1.69. The van der Waals surface area contributed by atoms with Crippen molar-refractivity contribution in [2.75, 3.05) is 7.11 Å². The predicted octanol–water partition coefficient (Wildman–Crippen LogP) is 1.97. The quantitative estimate of drug-likeness (QED) is 0.871. The van der Waals surface area contributed by atoms with Crippen LogP contribution in [-0.2, 0) is 10.3 Å². The lowest BCUT2D eigenvalue weighted by molar-refractivity contribution is -0.0178. The van der Waals surface area contributed by atoms with Gasteiger partial charge in [0.15, 0.2) is 0 Å². The van der Waals surface area contributed by atoms with Gasteiger partial charge >= 0.3 is 0 Å². The molecule has 0 radical (unpaired) electrons. The lowest BCUT2D eigenvalue weighted by Gasteiger charge is -2.22. The van der Waals surface area contributed by atoms with Crippen LogP contribution in [0, 0.1) is 0 Å². The average Bonchev–Trinajstić information content (AvgIpc) is 2.97. The SMILES string of the molecule is COC1(c2noc(C(C)C(C)O)n2)CCCC1. The molecule has 0 aromatic carbocycles. The van der Waals surface area contributed by atoms with Crippen molar-refractivity contribution in [1.82, 2.24) is 10.1 Å². The van der Waals surface area contributed by atoms with Crippen LogP contribution in [0.25, 0.3) is 0 Å². The third kappa shape index (κ3) is 2.21. The number of rotatable bonds is 4. The summed E-state index contributed by atoms with van der Waals surface area (Å²) in [6.07, 6.45) is 3.63. The number of hydrogen-bond donors (Lipinski definition) is 1. The van der Waals surface area contributed by atoms with Crippen molar-refractivity contribution >= 4 is 0 Å². The van der Waals surface area contributed by atoms with Gasteiger partial charge in [0, 0.05) is 7.11 Å². The molecule has 2 atom stereocenters. The molecule has 1 aliphatic carbocycles. The van der Waals surface area contributed by atoms with Crippen LogP contribution in [0.15, 0.2) is 4.52 Å². The van der Waals surface area contributed by atoms with Gasteiger partial charge in [-0.3, -0.25) is 0 Å². The second kappa shape index (κ2) is 4.74.